The normalized spacial score (nSPS) is 17.9. The van der Waals surface area contributed by atoms with Gasteiger partial charge in [0.25, 0.3) is 0 Å². The molecule has 2 amide bonds. The predicted molar refractivity (Wildman–Crippen MR) is 97.4 cm³/mol. The summed E-state index contributed by atoms with van der Waals surface area (Å²) in [6.07, 6.45) is 0.194. The third-order valence-electron chi connectivity index (χ3n) is 4.26. The molecule has 2 aromatic rings. The Balaban J connectivity index is 1.62. The van der Waals surface area contributed by atoms with Gasteiger partial charge >= 0.3 is 0 Å². The molecular formula is C20H19F3N2O3. The summed E-state index contributed by atoms with van der Waals surface area (Å²) in [5.74, 6) is -6.24. The minimum atomic E-state index is -1.66. The second kappa shape index (κ2) is 7.92. The van der Waals surface area contributed by atoms with Crippen LogP contribution in [0.15, 0.2) is 36.4 Å². The SMILES string of the molecule is CC(C)Oc1ccccc1NC(=O)C1CC1C(=O)Nc1ccc(F)c(F)c1F. The Kier molecular flexibility index (Phi) is 5.58. The van der Waals surface area contributed by atoms with E-state index in [4.69, 9.17) is 4.74 Å². The van der Waals surface area contributed by atoms with Gasteiger partial charge in [-0.05, 0) is 44.5 Å². The average Bonchev–Trinajstić information content (AvgIpc) is 3.44. The van der Waals surface area contributed by atoms with Crippen LogP contribution in [0.5, 0.6) is 5.75 Å². The summed E-state index contributed by atoms with van der Waals surface area (Å²) in [6.45, 7) is 3.72. The van der Waals surface area contributed by atoms with E-state index in [0.717, 1.165) is 12.1 Å². The van der Waals surface area contributed by atoms with Gasteiger partial charge in [0.2, 0.25) is 11.8 Å². The number of carbonyl (C=O) groups is 2. The second-order valence-corrected chi connectivity index (χ2v) is 6.81. The molecule has 148 valence electrons. The fraction of sp³-hybridized carbons (Fsp3) is 0.300. The Morgan fingerprint density at radius 2 is 1.54 bits per heavy atom. The van der Waals surface area contributed by atoms with Crippen LogP contribution < -0.4 is 15.4 Å². The molecule has 5 nitrogen and oxygen atoms in total. The maximum absolute atomic E-state index is 13.7. The van der Waals surface area contributed by atoms with Crippen LogP contribution in [0.1, 0.15) is 20.3 Å². The number of anilines is 2. The lowest BCUT2D eigenvalue weighted by atomic mass is 10.2. The van der Waals surface area contributed by atoms with Crippen LogP contribution in [0.2, 0.25) is 0 Å². The fourth-order valence-electron chi connectivity index (χ4n) is 2.77. The lowest BCUT2D eigenvalue weighted by molar-refractivity contribution is -0.122. The number of nitrogens with one attached hydrogen (secondary N) is 2. The van der Waals surface area contributed by atoms with Crippen molar-refractivity contribution in [2.24, 2.45) is 11.8 Å². The van der Waals surface area contributed by atoms with E-state index in [-0.39, 0.29) is 18.4 Å². The van der Waals surface area contributed by atoms with Gasteiger partial charge in [-0.3, -0.25) is 9.59 Å². The molecule has 0 aliphatic heterocycles. The third-order valence-corrected chi connectivity index (χ3v) is 4.26. The van der Waals surface area contributed by atoms with Crippen LogP contribution in [0, 0.1) is 29.3 Å². The lowest BCUT2D eigenvalue weighted by Crippen LogP contribution is -2.21. The molecule has 0 spiro atoms. The van der Waals surface area contributed by atoms with Gasteiger partial charge in [-0.25, -0.2) is 13.2 Å². The highest BCUT2D eigenvalue weighted by atomic mass is 19.2. The smallest absolute Gasteiger partial charge is 0.228 e. The first-order valence-corrected chi connectivity index (χ1v) is 8.78. The van der Waals surface area contributed by atoms with Gasteiger partial charge in [-0.1, -0.05) is 12.1 Å². The van der Waals surface area contributed by atoms with Crippen molar-refractivity contribution in [1.29, 1.82) is 0 Å². The van der Waals surface area contributed by atoms with Gasteiger partial charge in [0.1, 0.15) is 5.75 Å². The Labute approximate surface area is 159 Å². The largest absolute Gasteiger partial charge is 0.489 e. The highest BCUT2D eigenvalue weighted by Gasteiger charge is 2.48. The van der Waals surface area contributed by atoms with Crippen molar-refractivity contribution in [2.75, 3.05) is 10.6 Å². The van der Waals surface area contributed by atoms with Crippen molar-refractivity contribution in [3.8, 4) is 5.75 Å². The van der Waals surface area contributed by atoms with Crippen molar-refractivity contribution in [3.05, 3.63) is 53.8 Å². The van der Waals surface area contributed by atoms with Crippen LogP contribution >= 0.6 is 0 Å². The standard InChI is InChI=1S/C20H19F3N2O3/c1-10(2)28-16-6-4-3-5-14(16)24-19(26)11-9-12(11)20(27)25-15-8-7-13(21)17(22)18(15)23/h3-8,10-12H,9H2,1-2H3,(H,24,26)(H,25,27). The molecule has 3 rings (SSSR count). The predicted octanol–water partition coefficient (Wildman–Crippen LogP) is 4.10. The maximum atomic E-state index is 13.7. The zero-order valence-corrected chi connectivity index (χ0v) is 15.3. The number of halogens is 3. The summed E-state index contributed by atoms with van der Waals surface area (Å²) < 4.78 is 45.5. The Bertz CT molecular complexity index is 918. The van der Waals surface area contributed by atoms with Crippen LogP contribution in [-0.4, -0.2) is 17.9 Å². The van der Waals surface area contributed by atoms with E-state index in [1.807, 2.05) is 13.8 Å². The van der Waals surface area contributed by atoms with Crippen molar-refractivity contribution in [3.63, 3.8) is 0 Å². The molecule has 2 atom stereocenters. The van der Waals surface area contributed by atoms with E-state index in [2.05, 4.69) is 10.6 Å². The van der Waals surface area contributed by atoms with Gasteiger partial charge in [0.15, 0.2) is 17.5 Å². The number of benzene rings is 2. The number of para-hydroxylation sites is 2. The number of rotatable bonds is 6. The third kappa shape index (κ3) is 4.27. The summed E-state index contributed by atoms with van der Waals surface area (Å²) in [7, 11) is 0. The minimum absolute atomic E-state index is 0.0801. The van der Waals surface area contributed by atoms with Gasteiger partial charge in [-0.15, -0.1) is 0 Å². The Hall–Kier alpha value is -3.03. The molecule has 0 heterocycles. The van der Waals surface area contributed by atoms with E-state index in [9.17, 15) is 22.8 Å². The minimum Gasteiger partial charge on any atom is -0.489 e. The Morgan fingerprint density at radius 3 is 2.18 bits per heavy atom. The number of hydrogen-bond donors (Lipinski definition) is 2. The molecule has 8 heteroatoms. The van der Waals surface area contributed by atoms with Crippen LogP contribution in [0.3, 0.4) is 0 Å². The molecule has 0 radical (unpaired) electrons. The quantitative estimate of drug-likeness (QED) is 0.728. The number of carbonyl (C=O) groups excluding carboxylic acids is 2. The first-order valence-electron chi connectivity index (χ1n) is 8.78. The molecule has 28 heavy (non-hydrogen) atoms. The maximum Gasteiger partial charge on any atom is 0.228 e. The van der Waals surface area contributed by atoms with E-state index < -0.39 is 40.9 Å². The van der Waals surface area contributed by atoms with E-state index in [1.54, 1.807) is 24.3 Å². The lowest BCUT2D eigenvalue weighted by Gasteiger charge is -2.14. The van der Waals surface area contributed by atoms with E-state index in [0.29, 0.717) is 11.4 Å². The number of ether oxygens (including phenoxy) is 1. The van der Waals surface area contributed by atoms with Crippen LogP contribution in [0.25, 0.3) is 0 Å². The van der Waals surface area contributed by atoms with Gasteiger partial charge in [-0.2, -0.15) is 0 Å². The zero-order chi connectivity index (χ0) is 20.4. The zero-order valence-electron chi connectivity index (χ0n) is 15.3. The molecular weight excluding hydrogens is 373 g/mol. The number of hydrogen-bond acceptors (Lipinski definition) is 3. The van der Waals surface area contributed by atoms with E-state index in [1.165, 1.54) is 0 Å². The molecule has 0 bridgehead atoms. The first kappa shape index (κ1) is 19.7. The second-order valence-electron chi connectivity index (χ2n) is 6.81. The summed E-state index contributed by atoms with van der Waals surface area (Å²) in [4.78, 5) is 24.6. The molecule has 2 N–H and O–H groups in total. The Morgan fingerprint density at radius 1 is 0.929 bits per heavy atom. The molecule has 1 aliphatic carbocycles. The van der Waals surface area contributed by atoms with Crippen molar-refractivity contribution in [1.82, 2.24) is 0 Å². The van der Waals surface area contributed by atoms with Crippen molar-refractivity contribution >= 4 is 23.2 Å². The van der Waals surface area contributed by atoms with Crippen LogP contribution in [-0.2, 0) is 9.59 Å². The summed E-state index contributed by atoms with van der Waals surface area (Å²) in [5.41, 5.74) is 0.0181. The van der Waals surface area contributed by atoms with Gasteiger partial charge < -0.3 is 15.4 Å². The van der Waals surface area contributed by atoms with Crippen molar-refractivity contribution < 1.29 is 27.5 Å². The molecule has 2 aromatic carbocycles. The highest BCUT2D eigenvalue weighted by Crippen LogP contribution is 2.41. The molecule has 1 aliphatic rings. The molecule has 0 aromatic heterocycles. The van der Waals surface area contributed by atoms with E-state index >= 15 is 0 Å². The molecule has 2 unspecified atom stereocenters. The summed E-state index contributed by atoms with van der Waals surface area (Å²) in [6, 6.07) is 8.57. The topological polar surface area (TPSA) is 67.4 Å². The molecule has 0 saturated heterocycles. The average molecular weight is 392 g/mol. The summed E-state index contributed by atoms with van der Waals surface area (Å²) in [5, 5.41) is 4.93. The van der Waals surface area contributed by atoms with Gasteiger partial charge in [0, 0.05) is 0 Å². The summed E-state index contributed by atoms with van der Waals surface area (Å²) >= 11 is 0. The van der Waals surface area contributed by atoms with Crippen LogP contribution in [0.4, 0.5) is 24.5 Å². The van der Waals surface area contributed by atoms with Crippen molar-refractivity contribution in [2.45, 2.75) is 26.4 Å². The monoisotopic (exact) mass is 392 g/mol. The number of amides is 2. The highest BCUT2D eigenvalue weighted by molar-refractivity contribution is 6.03. The van der Waals surface area contributed by atoms with Gasteiger partial charge in [0.05, 0.1) is 29.3 Å². The first-order chi connectivity index (χ1) is 13.3. The fourth-order valence-corrected chi connectivity index (χ4v) is 2.77. The molecule has 1 fully saturated rings. The molecule has 1 saturated carbocycles.